The van der Waals surface area contributed by atoms with Gasteiger partial charge in [-0.2, -0.15) is 0 Å². The van der Waals surface area contributed by atoms with Crippen LogP contribution in [0.5, 0.6) is 0 Å². The van der Waals surface area contributed by atoms with Gasteiger partial charge in [-0.1, -0.05) is 54.6 Å². The summed E-state index contributed by atoms with van der Waals surface area (Å²) < 4.78 is 3.42. The normalized spacial score (nSPS) is 19.4. The Labute approximate surface area is 204 Å². The number of aliphatic hydroxyl groups excluding tert-OH is 1. The second-order valence-electron chi connectivity index (χ2n) is 9.31. The number of amides is 1. The standard InChI is InChI=1S/C28H31N3O2S/c1-18-25(28(33)30-23-13-11-22(12-14-23)27(29)32)26-24(34-18)15-16-31(26)17-19-7-9-21(10-8-19)20-5-3-2-4-6-20/h2-10,15-16,22-23,28,30,33H,11-14,17H2,1H3,(H2,29,32). The minimum Gasteiger partial charge on any atom is -0.374 e. The topological polar surface area (TPSA) is 80.3 Å². The Bertz CT molecular complexity index is 1270. The molecule has 2 aromatic carbocycles. The molecule has 0 saturated heterocycles. The Kier molecular flexibility index (Phi) is 6.55. The predicted octanol–water partition coefficient (Wildman–Crippen LogP) is 5.35. The van der Waals surface area contributed by atoms with Gasteiger partial charge < -0.3 is 15.4 Å². The summed E-state index contributed by atoms with van der Waals surface area (Å²) in [7, 11) is 0. The summed E-state index contributed by atoms with van der Waals surface area (Å²) in [6, 6.07) is 21.4. The summed E-state index contributed by atoms with van der Waals surface area (Å²) in [6.45, 7) is 2.83. The number of carbonyl (C=O) groups is 1. The fourth-order valence-corrected chi connectivity index (χ4v) is 6.24. The van der Waals surface area contributed by atoms with Gasteiger partial charge in [-0.05, 0) is 55.4 Å². The van der Waals surface area contributed by atoms with Crippen LogP contribution in [0.4, 0.5) is 0 Å². The van der Waals surface area contributed by atoms with Gasteiger partial charge in [0.1, 0.15) is 6.23 Å². The van der Waals surface area contributed by atoms with Crippen molar-refractivity contribution in [1.29, 1.82) is 0 Å². The van der Waals surface area contributed by atoms with Crippen molar-refractivity contribution in [2.75, 3.05) is 0 Å². The minimum absolute atomic E-state index is 0.0321. The highest BCUT2D eigenvalue weighted by Gasteiger charge is 2.28. The quantitative estimate of drug-likeness (QED) is 0.317. The van der Waals surface area contributed by atoms with E-state index in [-0.39, 0.29) is 17.9 Å². The molecule has 1 saturated carbocycles. The summed E-state index contributed by atoms with van der Waals surface area (Å²) in [5.74, 6) is -0.237. The number of aryl methyl sites for hydroxylation is 1. The minimum atomic E-state index is -0.738. The van der Waals surface area contributed by atoms with E-state index in [0.29, 0.717) is 0 Å². The fraction of sp³-hybridized carbons (Fsp3) is 0.321. The summed E-state index contributed by atoms with van der Waals surface area (Å²) >= 11 is 1.72. The molecule has 0 bridgehead atoms. The number of nitrogens with two attached hydrogens (primary N) is 1. The third kappa shape index (κ3) is 4.67. The lowest BCUT2D eigenvalue weighted by molar-refractivity contribution is -0.122. The summed E-state index contributed by atoms with van der Waals surface area (Å²) in [4.78, 5) is 12.6. The molecule has 1 fully saturated rings. The van der Waals surface area contributed by atoms with E-state index in [1.54, 1.807) is 11.3 Å². The Morgan fingerprint density at radius 1 is 1.06 bits per heavy atom. The molecule has 1 unspecified atom stereocenters. The Morgan fingerprint density at radius 2 is 1.74 bits per heavy atom. The van der Waals surface area contributed by atoms with Gasteiger partial charge >= 0.3 is 0 Å². The van der Waals surface area contributed by atoms with Crippen LogP contribution in [0, 0.1) is 12.8 Å². The molecule has 0 radical (unpaired) electrons. The Morgan fingerprint density at radius 3 is 2.41 bits per heavy atom. The van der Waals surface area contributed by atoms with Crippen LogP contribution in [-0.4, -0.2) is 21.6 Å². The molecule has 176 valence electrons. The molecule has 1 aliphatic carbocycles. The summed E-state index contributed by atoms with van der Waals surface area (Å²) in [6.07, 6.45) is 4.65. The molecule has 2 aromatic heterocycles. The Balaban J connectivity index is 1.33. The number of hydrogen-bond acceptors (Lipinski definition) is 4. The summed E-state index contributed by atoms with van der Waals surface area (Å²) in [5, 5.41) is 14.6. The van der Waals surface area contributed by atoms with Crippen molar-refractivity contribution in [2.45, 2.75) is 51.4 Å². The van der Waals surface area contributed by atoms with Gasteiger partial charge in [0.2, 0.25) is 5.91 Å². The lowest BCUT2D eigenvalue weighted by Crippen LogP contribution is -2.38. The van der Waals surface area contributed by atoms with Gasteiger partial charge in [-0.3, -0.25) is 10.1 Å². The highest BCUT2D eigenvalue weighted by atomic mass is 32.1. The number of rotatable bonds is 7. The molecule has 1 atom stereocenters. The second kappa shape index (κ2) is 9.74. The molecule has 1 amide bonds. The molecule has 5 nitrogen and oxygen atoms in total. The van der Waals surface area contributed by atoms with Gasteiger partial charge in [0, 0.05) is 35.1 Å². The smallest absolute Gasteiger partial charge is 0.220 e. The number of primary amides is 1. The first kappa shape index (κ1) is 22.8. The van der Waals surface area contributed by atoms with Crippen molar-refractivity contribution in [1.82, 2.24) is 9.88 Å². The molecule has 4 aromatic rings. The zero-order valence-corrected chi connectivity index (χ0v) is 20.2. The molecular weight excluding hydrogens is 442 g/mol. The van der Waals surface area contributed by atoms with Crippen LogP contribution in [0.25, 0.3) is 21.3 Å². The van der Waals surface area contributed by atoms with Gasteiger partial charge in [-0.25, -0.2) is 0 Å². The Hall–Kier alpha value is -2.93. The van der Waals surface area contributed by atoms with E-state index in [1.165, 1.54) is 21.4 Å². The maximum absolute atomic E-state index is 11.5. The van der Waals surface area contributed by atoms with Gasteiger partial charge in [0.05, 0.1) is 10.2 Å². The molecule has 34 heavy (non-hydrogen) atoms. The first-order valence-electron chi connectivity index (χ1n) is 12.0. The first-order chi connectivity index (χ1) is 16.5. The van der Waals surface area contributed by atoms with Gasteiger partial charge in [0.25, 0.3) is 0 Å². The number of hydrogen-bond donors (Lipinski definition) is 3. The molecule has 0 spiro atoms. The third-order valence-electron chi connectivity index (χ3n) is 7.03. The van der Waals surface area contributed by atoms with Crippen molar-refractivity contribution in [3.63, 3.8) is 0 Å². The van der Waals surface area contributed by atoms with Crippen LogP contribution in [0.15, 0.2) is 66.9 Å². The van der Waals surface area contributed by atoms with Gasteiger partial charge in [-0.15, -0.1) is 11.3 Å². The van der Waals surface area contributed by atoms with Crippen LogP contribution < -0.4 is 11.1 Å². The molecule has 1 aliphatic rings. The number of nitrogens with zero attached hydrogens (tertiary/aromatic N) is 1. The van der Waals surface area contributed by atoms with Crippen molar-refractivity contribution < 1.29 is 9.90 Å². The second-order valence-corrected chi connectivity index (χ2v) is 10.6. The zero-order chi connectivity index (χ0) is 23.7. The number of benzene rings is 2. The maximum atomic E-state index is 11.5. The molecule has 2 heterocycles. The molecule has 6 heteroatoms. The molecular formula is C28H31N3O2S. The maximum Gasteiger partial charge on any atom is 0.220 e. The monoisotopic (exact) mass is 473 g/mol. The number of aromatic nitrogens is 1. The van der Waals surface area contributed by atoms with Crippen molar-refractivity contribution >= 4 is 27.5 Å². The highest BCUT2D eigenvalue weighted by Crippen LogP contribution is 2.36. The summed E-state index contributed by atoms with van der Waals surface area (Å²) in [5.41, 5.74) is 11.2. The van der Waals surface area contributed by atoms with E-state index >= 15 is 0 Å². The van der Waals surface area contributed by atoms with E-state index in [9.17, 15) is 9.90 Å². The van der Waals surface area contributed by atoms with Crippen molar-refractivity contribution in [3.8, 4) is 11.1 Å². The number of carbonyl (C=O) groups excluding carboxylic acids is 1. The van der Waals surface area contributed by atoms with Gasteiger partial charge in [0.15, 0.2) is 0 Å². The number of thiophene rings is 1. The predicted molar refractivity (Wildman–Crippen MR) is 139 cm³/mol. The van der Waals surface area contributed by atoms with Crippen LogP contribution in [0.2, 0.25) is 0 Å². The number of aliphatic hydroxyl groups is 1. The van der Waals surface area contributed by atoms with E-state index in [0.717, 1.165) is 48.2 Å². The third-order valence-corrected chi connectivity index (χ3v) is 8.11. The van der Waals surface area contributed by atoms with E-state index in [2.05, 4.69) is 77.6 Å². The van der Waals surface area contributed by atoms with Crippen LogP contribution in [0.3, 0.4) is 0 Å². The van der Waals surface area contributed by atoms with E-state index in [1.807, 2.05) is 6.07 Å². The SMILES string of the molecule is Cc1sc2ccn(Cc3ccc(-c4ccccc4)cc3)c2c1C(O)NC1CCC(C(N)=O)CC1. The van der Waals surface area contributed by atoms with Crippen LogP contribution in [0.1, 0.15) is 47.9 Å². The number of nitrogens with one attached hydrogen (secondary N) is 1. The largest absolute Gasteiger partial charge is 0.374 e. The van der Waals surface area contributed by atoms with Crippen LogP contribution in [-0.2, 0) is 11.3 Å². The average molecular weight is 474 g/mol. The van der Waals surface area contributed by atoms with Crippen molar-refractivity contribution in [2.24, 2.45) is 11.7 Å². The lowest BCUT2D eigenvalue weighted by Gasteiger charge is -2.29. The van der Waals surface area contributed by atoms with Crippen LogP contribution >= 0.6 is 11.3 Å². The van der Waals surface area contributed by atoms with Crippen molar-refractivity contribution in [3.05, 3.63) is 82.9 Å². The molecule has 4 N–H and O–H groups in total. The first-order valence-corrected chi connectivity index (χ1v) is 12.8. The van der Waals surface area contributed by atoms with E-state index in [4.69, 9.17) is 5.73 Å². The molecule has 0 aliphatic heterocycles. The highest BCUT2D eigenvalue weighted by molar-refractivity contribution is 7.19. The lowest BCUT2D eigenvalue weighted by atomic mass is 9.85. The molecule has 5 rings (SSSR count). The fourth-order valence-electron chi connectivity index (χ4n) is 5.14. The van der Waals surface area contributed by atoms with E-state index < -0.39 is 6.23 Å². The zero-order valence-electron chi connectivity index (χ0n) is 19.4. The average Bonchev–Trinajstić information content (AvgIpc) is 3.38. The number of fused-ring (bicyclic) bond motifs is 1.